The average Bonchev–Trinajstić information content (AvgIpc) is 3.39. The second-order valence-corrected chi connectivity index (χ2v) is 14.8. The number of unbranched alkanes of at least 4 members (excludes halogenated alkanes) is 10. The number of esters is 2. The molecule has 4 N–H and O–H groups in total. The monoisotopic (exact) mass is 632 g/mol. The van der Waals surface area contributed by atoms with Crippen LogP contribution in [0.5, 0.6) is 0 Å². The minimum atomic E-state index is -1.97. The number of hydrogen-bond donors (Lipinski definition) is 4. The number of ether oxygens (including phenoxy) is 2. The molecule has 8 atom stereocenters. The van der Waals surface area contributed by atoms with Crippen LogP contribution in [0.4, 0.5) is 0 Å². The summed E-state index contributed by atoms with van der Waals surface area (Å²) in [4.78, 5) is 38.5. The van der Waals surface area contributed by atoms with E-state index in [4.69, 9.17) is 9.47 Å². The maximum atomic E-state index is 13.2. The first kappa shape index (κ1) is 35.8. The topological polar surface area (TPSA) is 151 Å². The van der Waals surface area contributed by atoms with Gasteiger partial charge in [-0.15, -0.1) is 0 Å². The molecule has 0 radical (unpaired) electrons. The molecule has 0 bridgehead atoms. The van der Waals surface area contributed by atoms with Gasteiger partial charge in [-0.3, -0.25) is 9.59 Å². The van der Waals surface area contributed by atoms with Crippen molar-refractivity contribution in [3.05, 3.63) is 23.3 Å². The largest absolute Gasteiger partial charge is 0.456 e. The summed E-state index contributed by atoms with van der Waals surface area (Å²) in [7, 11) is 0. The quantitative estimate of drug-likeness (QED) is 0.108. The van der Waals surface area contributed by atoms with Gasteiger partial charge in [0.25, 0.3) is 0 Å². The average molecular weight is 633 g/mol. The molecule has 2 saturated carbocycles. The molecular weight excluding hydrogens is 576 g/mol. The highest BCUT2D eigenvalue weighted by Gasteiger charge is 2.85. The molecule has 45 heavy (non-hydrogen) atoms. The normalized spacial score (nSPS) is 36.2. The first-order chi connectivity index (χ1) is 21.2. The number of hydrogen-bond acceptors (Lipinski definition) is 9. The molecule has 0 heterocycles. The van der Waals surface area contributed by atoms with Crippen LogP contribution >= 0.6 is 0 Å². The number of carbonyl (C=O) groups is 3. The summed E-state index contributed by atoms with van der Waals surface area (Å²) in [5, 5.41) is 46.3. The molecular formula is C36H56O9. The van der Waals surface area contributed by atoms with Gasteiger partial charge in [-0.2, -0.15) is 0 Å². The molecule has 0 amide bonds. The van der Waals surface area contributed by atoms with E-state index >= 15 is 0 Å². The second-order valence-electron chi connectivity index (χ2n) is 14.8. The summed E-state index contributed by atoms with van der Waals surface area (Å²) in [6, 6.07) is 0. The van der Waals surface area contributed by atoms with Crippen molar-refractivity contribution in [3.8, 4) is 0 Å². The van der Waals surface area contributed by atoms with E-state index in [9.17, 15) is 34.8 Å². The third-order valence-electron chi connectivity index (χ3n) is 11.6. The molecule has 2 fully saturated rings. The Hall–Kier alpha value is -2.07. The Morgan fingerprint density at radius 1 is 0.911 bits per heavy atom. The van der Waals surface area contributed by atoms with E-state index in [1.165, 1.54) is 44.9 Å². The van der Waals surface area contributed by atoms with E-state index in [1.807, 2.05) is 13.8 Å². The van der Waals surface area contributed by atoms with Gasteiger partial charge in [-0.1, -0.05) is 104 Å². The van der Waals surface area contributed by atoms with Gasteiger partial charge in [-0.05, 0) is 24.5 Å². The first-order valence-electron chi connectivity index (χ1n) is 17.3. The molecule has 9 heteroatoms. The van der Waals surface area contributed by atoms with Gasteiger partial charge in [-0.25, -0.2) is 4.79 Å². The van der Waals surface area contributed by atoms with Crippen molar-refractivity contribution in [3.63, 3.8) is 0 Å². The molecule has 0 unspecified atom stereocenters. The third kappa shape index (κ3) is 6.43. The van der Waals surface area contributed by atoms with Crippen LogP contribution in [0.15, 0.2) is 23.3 Å². The fraction of sp³-hybridized carbons (Fsp3) is 0.806. The van der Waals surface area contributed by atoms with Crippen molar-refractivity contribution in [1.82, 2.24) is 0 Å². The Bertz CT molecular complexity index is 1170. The summed E-state index contributed by atoms with van der Waals surface area (Å²) in [6.45, 7) is 8.10. The number of carbonyl (C=O) groups excluding carboxylic acids is 3. The van der Waals surface area contributed by atoms with Gasteiger partial charge in [0.1, 0.15) is 17.3 Å². The Labute approximate surface area is 268 Å². The molecule has 0 spiro atoms. The van der Waals surface area contributed by atoms with E-state index < -0.39 is 82.9 Å². The summed E-state index contributed by atoms with van der Waals surface area (Å²) >= 11 is 0. The molecule has 4 aliphatic rings. The van der Waals surface area contributed by atoms with Crippen molar-refractivity contribution in [2.75, 3.05) is 13.2 Å². The zero-order valence-corrected chi connectivity index (χ0v) is 28.0. The maximum Gasteiger partial charge on any atom is 0.344 e. The summed E-state index contributed by atoms with van der Waals surface area (Å²) < 4.78 is 11.0. The van der Waals surface area contributed by atoms with E-state index in [-0.39, 0.29) is 12.8 Å². The van der Waals surface area contributed by atoms with Gasteiger partial charge in [0, 0.05) is 41.9 Å². The van der Waals surface area contributed by atoms with Crippen LogP contribution in [0.25, 0.3) is 0 Å². The Kier molecular flexibility index (Phi) is 11.1. The Morgan fingerprint density at radius 3 is 2.07 bits per heavy atom. The fourth-order valence-corrected chi connectivity index (χ4v) is 8.93. The van der Waals surface area contributed by atoms with Gasteiger partial charge in [0.05, 0.1) is 12.2 Å². The number of ketones is 1. The van der Waals surface area contributed by atoms with Crippen LogP contribution in [0, 0.1) is 29.1 Å². The molecule has 0 aliphatic heterocycles. The molecule has 4 aliphatic carbocycles. The Balaban J connectivity index is 1.34. The zero-order valence-electron chi connectivity index (χ0n) is 28.0. The zero-order chi connectivity index (χ0) is 33.2. The first-order valence-corrected chi connectivity index (χ1v) is 17.3. The van der Waals surface area contributed by atoms with Crippen LogP contribution in [-0.2, 0) is 23.9 Å². The maximum absolute atomic E-state index is 13.2. The van der Waals surface area contributed by atoms with Gasteiger partial charge in [0.15, 0.2) is 12.4 Å². The van der Waals surface area contributed by atoms with E-state index in [1.54, 1.807) is 26.0 Å². The van der Waals surface area contributed by atoms with Gasteiger partial charge in [0.2, 0.25) is 0 Å². The standard InChI is InChI=1S/C36H56O9/c1-6-7-8-9-10-11-12-13-14-15-16-17-28(38)44-22-29(39)45-32-24(3)35(42)26(30-33(4,5)36(30,32)43)19-25(21-37)20-34(41)27(35)18-23(2)31(34)40/h18-19,24,26-27,30,32,37,41-43H,6-17,20-22H2,1-5H3/t24-,26+,27-,30+,32-,34-,35-,36-/m1/s1. The SMILES string of the molecule is CCCCCCCCCCCCCC(=O)OCC(=O)O[C@@H]1[C@@H](C)[C@@]2(O)[C@@H](C=C(CO)C[C@]3(O)C(=O)C(C)=C[C@@H]23)[C@H]2C(C)(C)[C@]12O. The highest BCUT2D eigenvalue weighted by molar-refractivity contribution is 6.04. The lowest BCUT2D eigenvalue weighted by Gasteiger charge is -2.52. The molecule has 0 aromatic carbocycles. The number of fused-ring (bicyclic) bond motifs is 5. The summed E-state index contributed by atoms with van der Waals surface area (Å²) in [5.74, 6) is -5.08. The molecule has 4 rings (SSSR count). The van der Waals surface area contributed by atoms with Crippen molar-refractivity contribution >= 4 is 17.7 Å². The van der Waals surface area contributed by atoms with Gasteiger partial charge < -0.3 is 29.9 Å². The molecule has 0 saturated heterocycles. The Morgan fingerprint density at radius 2 is 1.49 bits per heavy atom. The van der Waals surface area contributed by atoms with Crippen molar-refractivity contribution in [2.45, 2.75) is 141 Å². The van der Waals surface area contributed by atoms with E-state index in [0.717, 1.165) is 19.3 Å². The lowest BCUT2D eigenvalue weighted by Crippen LogP contribution is -2.65. The van der Waals surface area contributed by atoms with Crippen LogP contribution in [0.1, 0.15) is 118 Å². The van der Waals surface area contributed by atoms with Crippen LogP contribution in [0.2, 0.25) is 0 Å². The fourth-order valence-electron chi connectivity index (χ4n) is 8.93. The highest BCUT2D eigenvalue weighted by atomic mass is 16.6. The van der Waals surface area contributed by atoms with Crippen LogP contribution < -0.4 is 0 Å². The van der Waals surface area contributed by atoms with Crippen LogP contribution in [-0.4, -0.2) is 74.3 Å². The highest BCUT2D eigenvalue weighted by Crippen LogP contribution is 2.75. The number of Topliss-reactive ketones (excluding diaryl/α,β-unsaturated/α-hetero) is 1. The lowest BCUT2D eigenvalue weighted by molar-refractivity contribution is -0.222. The minimum absolute atomic E-state index is 0.141. The lowest BCUT2D eigenvalue weighted by atomic mass is 9.59. The summed E-state index contributed by atoms with van der Waals surface area (Å²) in [6.07, 6.45) is 15.0. The predicted molar refractivity (Wildman–Crippen MR) is 169 cm³/mol. The molecule has 9 nitrogen and oxygen atoms in total. The van der Waals surface area contributed by atoms with E-state index in [2.05, 4.69) is 6.92 Å². The number of aliphatic hydroxyl groups excluding tert-OH is 1. The van der Waals surface area contributed by atoms with Crippen LogP contribution in [0.3, 0.4) is 0 Å². The summed E-state index contributed by atoms with van der Waals surface area (Å²) in [5.41, 5.74) is -5.33. The van der Waals surface area contributed by atoms with Gasteiger partial charge >= 0.3 is 11.9 Å². The number of aliphatic hydroxyl groups is 4. The van der Waals surface area contributed by atoms with Crippen molar-refractivity contribution < 1.29 is 44.3 Å². The van der Waals surface area contributed by atoms with E-state index in [0.29, 0.717) is 17.6 Å². The minimum Gasteiger partial charge on any atom is -0.456 e. The smallest absolute Gasteiger partial charge is 0.344 e. The van der Waals surface area contributed by atoms with Crippen molar-refractivity contribution in [1.29, 1.82) is 0 Å². The molecule has 254 valence electrons. The predicted octanol–water partition coefficient (Wildman–Crippen LogP) is 4.73. The van der Waals surface area contributed by atoms with Crippen molar-refractivity contribution in [2.24, 2.45) is 29.1 Å². The molecule has 0 aromatic rings. The number of rotatable bonds is 16. The second kappa shape index (κ2) is 14.0. The molecule has 0 aromatic heterocycles. The third-order valence-corrected chi connectivity index (χ3v) is 11.6.